The van der Waals surface area contributed by atoms with Gasteiger partial charge in [-0.15, -0.1) is 0 Å². The van der Waals surface area contributed by atoms with Crippen molar-refractivity contribution in [2.75, 3.05) is 17.2 Å². The number of nitrogens with one attached hydrogen (secondary N) is 2. The summed E-state index contributed by atoms with van der Waals surface area (Å²) in [5, 5.41) is 5.50. The van der Waals surface area contributed by atoms with Crippen molar-refractivity contribution in [3.8, 4) is 0 Å². The number of hydrogen-bond acceptors (Lipinski definition) is 2. The summed E-state index contributed by atoms with van der Waals surface area (Å²) in [5.41, 5.74) is 1.59. The molecule has 1 aliphatic heterocycles. The van der Waals surface area contributed by atoms with Gasteiger partial charge in [-0.05, 0) is 49.6 Å². The summed E-state index contributed by atoms with van der Waals surface area (Å²) in [6, 6.07) is 12.8. The number of hydrogen-bond donors (Lipinski definition) is 2. The van der Waals surface area contributed by atoms with Gasteiger partial charge in [-0.25, -0.2) is 9.18 Å². The molecule has 1 fully saturated rings. The topological polar surface area (TPSA) is 61.4 Å². The standard InChI is InChI=1S/C19H20FN3O2/c1-13-9-10-15(12-16(13)20)21-18(24)17-8-5-11-23(17)19(25)22-14-6-3-2-4-7-14/h2-4,6-7,9-10,12,17H,5,8,11H2,1H3,(H,21,24)(H,22,25)/t17-/m0/s1. The van der Waals surface area contributed by atoms with Crippen LogP contribution in [0.1, 0.15) is 18.4 Å². The predicted octanol–water partition coefficient (Wildman–Crippen LogP) is 3.77. The van der Waals surface area contributed by atoms with Gasteiger partial charge in [0.25, 0.3) is 0 Å². The van der Waals surface area contributed by atoms with Crippen LogP contribution in [0.25, 0.3) is 0 Å². The first kappa shape index (κ1) is 17.0. The number of carbonyl (C=O) groups is 2. The lowest BCUT2D eigenvalue weighted by atomic mass is 10.2. The van der Waals surface area contributed by atoms with Crippen molar-refractivity contribution >= 4 is 23.3 Å². The van der Waals surface area contributed by atoms with Crippen molar-refractivity contribution in [1.82, 2.24) is 4.90 Å². The average molecular weight is 341 g/mol. The molecule has 0 unspecified atom stereocenters. The van der Waals surface area contributed by atoms with E-state index in [1.807, 2.05) is 18.2 Å². The van der Waals surface area contributed by atoms with Crippen LogP contribution in [0.15, 0.2) is 48.5 Å². The normalized spacial score (nSPS) is 16.6. The fourth-order valence-corrected chi connectivity index (χ4v) is 2.90. The zero-order valence-corrected chi connectivity index (χ0v) is 14.0. The molecule has 1 saturated heterocycles. The molecular weight excluding hydrogens is 321 g/mol. The van der Waals surface area contributed by atoms with Gasteiger partial charge in [0.2, 0.25) is 5.91 Å². The number of halogens is 1. The van der Waals surface area contributed by atoms with Crippen LogP contribution in [0.5, 0.6) is 0 Å². The molecule has 6 heteroatoms. The van der Waals surface area contributed by atoms with E-state index < -0.39 is 6.04 Å². The Hall–Kier alpha value is -2.89. The van der Waals surface area contributed by atoms with Crippen LogP contribution in [-0.4, -0.2) is 29.4 Å². The van der Waals surface area contributed by atoms with Crippen LogP contribution < -0.4 is 10.6 Å². The van der Waals surface area contributed by atoms with Crippen LogP contribution in [0, 0.1) is 12.7 Å². The second-order valence-electron chi connectivity index (χ2n) is 6.10. The molecule has 2 aromatic carbocycles. The largest absolute Gasteiger partial charge is 0.324 e. The van der Waals surface area contributed by atoms with Gasteiger partial charge in [0.15, 0.2) is 0 Å². The van der Waals surface area contributed by atoms with Gasteiger partial charge in [0.1, 0.15) is 11.9 Å². The van der Waals surface area contributed by atoms with Crippen LogP contribution in [0.2, 0.25) is 0 Å². The molecule has 0 bridgehead atoms. The third-order valence-electron chi connectivity index (χ3n) is 4.28. The molecule has 3 amide bonds. The van der Waals surface area contributed by atoms with Crippen molar-refractivity contribution in [2.24, 2.45) is 0 Å². The molecule has 0 spiro atoms. The lowest BCUT2D eigenvalue weighted by molar-refractivity contribution is -0.119. The first-order valence-electron chi connectivity index (χ1n) is 8.24. The number of para-hydroxylation sites is 1. The third kappa shape index (κ3) is 3.96. The van der Waals surface area contributed by atoms with Gasteiger partial charge in [-0.1, -0.05) is 24.3 Å². The number of anilines is 2. The maximum atomic E-state index is 13.6. The molecule has 0 aromatic heterocycles. The lowest BCUT2D eigenvalue weighted by Gasteiger charge is -2.24. The summed E-state index contributed by atoms with van der Waals surface area (Å²) < 4.78 is 13.6. The van der Waals surface area contributed by atoms with Gasteiger partial charge >= 0.3 is 6.03 Å². The van der Waals surface area contributed by atoms with Gasteiger partial charge in [0, 0.05) is 17.9 Å². The first-order chi connectivity index (χ1) is 12.0. The number of aryl methyl sites for hydroxylation is 1. The Bertz CT molecular complexity index is 779. The molecule has 1 heterocycles. The van der Waals surface area contributed by atoms with Gasteiger partial charge in [-0.3, -0.25) is 4.79 Å². The Morgan fingerprint density at radius 3 is 2.56 bits per heavy atom. The highest BCUT2D eigenvalue weighted by Gasteiger charge is 2.34. The Balaban J connectivity index is 1.66. The molecule has 2 aromatic rings. The van der Waals surface area contributed by atoms with Crippen LogP contribution >= 0.6 is 0 Å². The number of nitrogens with zero attached hydrogens (tertiary/aromatic N) is 1. The summed E-state index contributed by atoms with van der Waals surface area (Å²) in [6.45, 7) is 2.17. The maximum absolute atomic E-state index is 13.6. The van der Waals surface area contributed by atoms with E-state index in [0.717, 1.165) is 6.42 Å². The average Bonchev–Trinajstić information content (AvgIpc) is 3.09. The minimum Gasteiger partial charge on any atom is -0.324 e. The third-order valence-corrected chi connectivity index (χ3v) is 4.28. The van der Waals surface area contributed by atoms with Crippen molar-refractivity contribution in [3.63, 3.8) is 0 Å². The second-order valence-corrected chi connectivity index (χ2v) is 6.10. The highest BCUT2D eigenvalue weighted by atomic mass is 19.1. The van der Waals surface area contributed by atoms with Crippen LogP contribution in [0.3, 0.4) is 0 Å². The van der Waals surface area contributed by atoms with E-state index >= 15 is 0 Å². The number of rotatable bonds is 3. The minimum atomic E-state index is -0.562. The molecule has 0 saturated carbocycles. The maximum Gasteiger partial charge on any atom is 0.322 e. The van der Waals surface area contributed by atoms with Crippen LogP contribution in [0.4, 0.5) is 20.6 Å². The van der Waals surface area contributed by atoms with Crippen LogP contribution in [-0.2, 0) is 4.79 Å². The summed E-state index contributed by atoms with van der Waals surface area (Å²) in [7, 11) is 0. The fraction of sp³-hybridized carbons (Fsp3) is 0.263. The molecule has 5 nitrogen and oxygen atoms in total. The number of amides is 3. The van der Waals surface area contributed by atoms with Gasteiger partial charge < -0.3 is 15.5 Å². The van der Waals surface area contributed by atoms with E-state index in [1.165, 1.54) is 11.0 Å². The fourth-order valence-electron chi connectivity index (χ4n) is 2.90. The summed E-state index contributed by atoms with van der Waals surface area (Å²) in [5.74, 6) is -0.674. The molecule has 2 N–H and O–H groups in total. The number of benzene rings is 2. The quantitative estimate of drug-likeness (QED) is 0.893. The van der Waals surface area contributed by atoms with E-state index in [4.69, 9.17) is 0 Å². The Labute approximate surface area is 145 Å². The van der Waals surface area contributed by atoms with Gasteiger partial charge in [-0.2, -0.15) is 0 Å². The summed E-state index contributed by atoms with van der Waals surface area (Å²) in [4.78, 5) is 26.5. The molecule has 1 atom stereocenters. The van der Waals surface area contributed by atoms with Crippen molar-refractivity contribution < 1.29 is 14.0 Å². The minimum absolute atomic E-state index is 0.302. The van der Waals surface area contributed by atoms with E-state index in [2.05, 4.69) is 10.6 Å². The highest BCUT2D eigenvalue weighted by molar-refractivity contribution is 5.99. The number of likely N-dealkylation sites (tertiary alicyclic amines) is 1. The second kappa shape index (κ2) is 7.34. The molecule has 130 valence electrons. The van der Waals surface area contributed by atoms with E-state index in [9.17, 15) is 14.0 Å². The molecule has 0 aliphatic carbocycles. The molecular formula is C19H20FN3O2. The SMILES string of the molecule is Cc1ccc(NC(=O)[C@@H]2CCCN2C(=O)Nc2ccccc2)cc1F. The summed E-state index contributed by atoms with van der Waals surface area (Å²) in [6.07, 6.45) is 1.34. The molecule has 1 aliphatic rings. The zero-order valence-electron chi connectivity index (χ0n) is 14.0. The highest BCUT2D eigenvalue weighted by Crippen LogP contribution is 2.21. The van der Waals surface area contributed by atoms with Crippen molar-refractivity contribution in [3.05, 3.63) is 59.9 Å². The first-order valence-corrected chi connectivity index (χ1v) is 8.24. The van der Waals surface area contributed by atoms with Crippen molar-refractivity contribution in [1.29, 1.82) is 0 Å². The van der Waals surface area contributed by atoms with Gasteiger partial charge in [0.05, 0.1) is 0 Å². The molecule has 3 rings (SSSR count). The Kier molecular flexibility index (Phi) is 4.97. The predicted molar refractivity (Wildman–Crippen MR) is 95.0 cm³/mol. The monoisotopic (exact) mass is 341 g/mol. The Morgan fingerprint density at radius 2 is 1.84 bits per heavy atom. The molecule has 25 heavy (non-hydrogen) atoms. The smallest absolute Gasteiger partial charge is 0.322 e. The zero-order chi connectivity index (χ0) is 17.8. The summed E-state index contributed by atoms with van der Waals surface area (Å²) >= 11 is 0. The number of urea groups is 1. The number of carbonyl (C=O) groups excluding carboxylic acids is 2. The Morgan fingerprint density at radius 1 is 1.08 bits per heavy atom. The van der Waals surface area contributed by atoms with E-state index in [-0.39, 0.29) is 17.8 Å². The van der Waals surface area contributed by atoms with E-state index in [1.54, 1.807) is 31.2 Å². The van der Waals surface area contributed by atoms with Crippen molar-refractivity contribution in [2.45, 2.75) is 25.8 Å². The lowest BCUT2D eigenvalue weighted by Crippen LogP contribution is -2.45. The van der Waals surface area contributed by atoms with E-state index in [0.29, 0.717) is 29.9 Å². The molecule has 0 radical (unpaired) electrons.